The molecule has 6 heteroatoms. The van der Waals surface area contributed by atoms with E-state index in [0.29, 0.717) is 6.54 Å². The summed E-state index contributed by atoms with van der Waals surface area (Å²) < 4.78 is 1.47. The summed E-state index contributed by atoms with van der Waals surface area (Å²) in [7, 11) is 0. The van der Waals surface area contributed by atoms with Crippen LogP contribution in [0.1, 0.15) is 5.56 Å². The molecule has 72 valence electrons. The van der Waals surface area contributed by atoms with E-state index in [1.807, 2.05) is 0 Å². The number of rotatable bonds is 2. The molecule has 0 unspecified atom stereocenters. The maximum Gasteiger partial charge on any atom is 0.288 e. The third kappa shape index (κ3) is 1.67. The Morgan fingerprint density at radius 2 is 2.43 bits per heavy atom. The zero-order valence-corrected chi connectivity index (χ0v) is 7.90. The lowest BCUT2D eigenvalue weighted by Gasteiger charge is -2.01. The SMILES string of the molecule is O=c1c(Cl)nccn1Cc1cn[nH]c1. The van der Waals surface area contributed by atoms with Gasteiger partial charge in [-0.2, -0.15) is 5.10 Å². The van der Waals surface area contributed by atoms with Crippen LogP contribution in [0.5, 0.6) is 0 Å². The number of nitrogens with one attached hydrogen (secondary N) is 1. The molecule has 2 rings (SSSR count). The second kappa shape index (κ2) is 3.63. The number of aromatic nitrogens is 4. The maximum absolute atomic E-state index is 11.4. The van der Waals surface area contributed by atoms with E-state index in [4.69, 9.17) is 11.6 Å². The van der Waals surface area contributed by atoms with Crippen molar-refractivity contribution >= 4 is 11.6 Å². The molecule has 0 saturated heterocycles. The smallest absolute Gasteiger partial charge is 0.288 e. The predicted octanol–water partition coefficient (Wildman–Crippen LogP) is 0.668. The van der Waals surface area contributed by atoms with E-state index < -0.39 is 0 Å². The van der Waals surface area contributed by atoms with Gasteiger partial charge in [0.25, 0.3) is 5.56 Å². The molecule has 0 amide bonds. The minimum Gasteiger partial charge on any atom is -0.307 e. The van der Waals surface area contributed by atoms with Gasteiger partial charge in [-0.05, 0) is 0 Å². The summed E-state index contributed by atoms with van der Waals surface area (Å²) in [6, 6.07) is 0. The van der Waals surface area contributed by atoms with E-state index in [9.17, 15) is 4.79 Å². The lowest BCUT2D eigenvalue weighted by Crippen LogP contribution is -2.20. The van der Waals surface area contributed by atoms with Gasteiger partial charge in [-0.3, -0.25) is 9.89 Å². The first-order chi connectivity index (χ1) is 6.77. The van der Waals surface area contributed by atoms with Crippen molar-refractivity contribution in [2.24, 2.45) is 0 Å². The first-order valence-electron chi connectivity index (χ1n) is 3.96. The monoisotopic (exact) mass is 210 g/mol. The third-order valence-electron chi connectivity index (χ3n) is 1.78. The largest absolute Gasteiger partial charge is 0.307 e. The lowest BCUT2D eigenvalue weighted by molar-refractivity contribution is 0.749. The number of halogens is 1. The summed E-state index contributed by atoms with van der Waals surface area (Å²) in [4.78, 5) is 15.1. The Kier molecular flexibility index (Phi) is 2.32. The van der Waals surface area contributed by atoms with Crippen molar-refractivity contribution in [1.29, 1.82) is 0 Å². The molecule has 0 atom stereocenters. The second-order valence-corrected chi connectivity index (χ2v) is 3.12. The van der Waals surface area contributed by atoms with Crippen molar-refractivity contribution in [1.82, 2.24) is 19.7 Å². The molecule has 0 fully saturated rings. The Hall–Kier alpha value is -1.62. The molecule has 0 bridgehead atoms. The fourth-order valence-electron chi connectivity index (χ4n) is 1.11. The number of nitrogens with zero attached hydrogens (tertiary/aromatic N) is 3. The summed E-state index contributed by atoms with van der Waals surface area (Å²) in [5.41, 5.74) is 0.615. The minimum atomic E-state index is -0.296. The third-order valence-corrected chi connectivity index (χ3v) is 2.04. The number of aromatic amines is 1. The fourth-order valence-corrected chi connectivity index (χ4v) is 1.27. The topological polar surface area (TPSA) is 63.6 Å². The highest BCUT2D eigenvalue weighted by Gasteiger charge is 2.02. The minimum absolute atomic E-state index is 0.0176. The van der Waals surface area contributed by atoms with Crippen LogP contribution in [0.25, 0.3) is 0 Å². The Labute approximate surface area is 84.4 Å². The molecule has 0 aromatic carbocycles. The molecule has 0 radical (unpaired) electrons. The molecule has 0 aliphatic carbocycles. The molecule has 2 heterocycles. The lowest BCUT2D eigenvalue weighted by atomic mass is 10.3. The van der Waals surface area contributed by atoms with Crippen LogP contribution in [-0.2, 0) is 6.54 Å². The number of hydrogen-bond acceptors (Lipinski definition) is 3. The van der Waals surface area contributed by atoms with E-state index in [1.165, 1.54) is 10.8 Å². The Bertz CT molecular complexity index is 476. The van der Waals surface area contributed by atoms with Crippen LogP contribution in [0, 0.1) is 0 Å². The highest BCUT2D eigenvalue weighted by Crippen LogP contribution is 1.98. The highest BCUT2D eigenvalue weighted by atomic mass is 35.5. The molecule has 2 aromatic rings. The van der Waals surface area contributed by atoms with Crippen LogP contribution in [0.3, 0.4) is 0 Å². The van der Waals surface area contributed by atoms with Gasteiger partial charge in [-0.25, -0.2) is 4.98 Å². The van der Waals surface area contributed by atoms with E-state index in [0.717, 1.165) is 5.56 Å². The van der Waals surface area contributed by atoms with E-state index in [2.05, 4.69) is 15.2 Å². The van der Waals surface area contributed by atoms with Crippen molar-refractivity contribution in [2.75, 3.05) is 0 Å². The van der Waals surface area contributed by atoms with Gasteiger partial charge in [0.1, 0.15) is 0 Å². The summed E-state index contributed by atoms with van der Waals surface area (Å²) in [5, 5.41) is 6.43. The molecular formula is C8H7ClN4O. The maximum atomic E-state index is 11.4. The molecule has 1 N–H and O–H groups in total. The van der Waals surface area contributed by atoms with Gasteiger partial charge in [-0.1, -0.05) is 11.6 Å². The number of H-pyrrole nitrogens is 1. The number of hydrogen-bond donors (Lipinski definition) is 1. The van der Waals surface area contributed by atoms with Crippen LogP contribution >= 0.6 is 11.6 Å². The zero-order valence-electron chi connectivity index (χ0n) is 7.14. The van der Waals surface area contributed by atoms with Crippen LogP contribution in [0.15, 0.2) is 29.6 Å². The standard InChI is InChI=1S/C8H7ClN4O/c9-7-8(14)13(2-1-10-7)5-6-3-11-12-4-6/h1-4H,5H2,(H,11,12). The summed E-state index contributed by atoms with van der Waals surface area (Å²) in [6.45, 7) is 0.442. The van der Waals surface area contributed by atoms with Gasteiger partial charge >= 0.3 is 0 Å². The molecule has 2 aromatic heterocycles. The van der Waals surface area contributed by atoms with Gasteiger partial charge in [0.2, 0.25) is 0 Å². The molecule has 0 spiro atoms. The van der Waals surface area contributed by atoms with Crippen molar-refractivity contribution in [3.05, 3.63) is 45.9 Å². The fraction of sp³-hybridized carbons (Fsp3) is 0.125. The summed E-state index contributed by atoms with van der Waals surface area (Å²) in [5.74, 6) is 0. The predicted molar refractivity (Wildman–Crippen MR) is 51.2 cm³/mol. The Morgan fingerprint density at radius 3 is 3.14 bits per heavy atom. The van der Waals surface area contributed by atoms with E-state index in [1.54, 1.807) is 18.6 Å². The molecule has 0 saturated carbocycles. The quantitative estimate of drug-likeness (QED) is 0.793. The van der Waals surface area contributed by atoms with Gasteiger partial charge in [0, 0.05) is 24.2 Å². The van der Waals surface area contributed by atoms with Crippen LogP contribution < -0.4 is 5.56 Å². The van der Waals surface area contributed by atoms with Gasteiger partial charge in [0.05, 0.1) is 12.7 Å². The van der Waals surface area contributed by atoms with Crippen molar-refractivity contribution in [3.63, 3.8) is 0 Å². The highest BCUT2D eigenvalue weighted by molar-refractivity contribution is 6.29. The normalized spacial score (nSPS) is 10.4. The van der Waals surface area contributed by atoms with E-state index >= 15 is 0 Å². The average Bonchev–Trinajstić information content (AvgIpc) is 2.66. The van der Waals surface area contributed by atoms with Crippen LogP contribution in [0.2, 0.25) is 5.15 Å². The summed E-state index contributed by atoms with van der Waals surface area (Å²) in [6.07, 6.45) is 6.45. The zero-order chi connectivity index (χ0) is 9.97. The van der Waals surface area contributed by atoms with Crippen LogP contribution in [0.4, 0.5) is 0 Å². The molecule has 14 heavy (non-hydrogen) atoms. The summed E-state index contributed by atoms with van der Waals surface area (Å²) >= 11 is 5.59. The van der Waals surface area contributed by atoms with Crippen molar-refractivity contribution in [2.45, 2.75) is 6.54 Å². The Balaban J connectivity index is 2.34. The van der Waals surface area contributed by atoms with Gasteiger partial charge in [0.15, 0.2) is 5.15 Å². The van der Waals surface area contributed by atoms with Gasteiger partial charge < -0.3 is 4.57 Å². The van der Waals surface area contributed by atoms with E-state index in [-0.39, 0.29) is 10.7 Å². The Morgan fingerprint density at radius 1 is 1.57 bits per heavy atom. The second-order valence-electron chi connectivity index (χ2n) is 2.76. The molecular weight excluding hydrogens is 204 g/mol. The first kappa shape index (κ1) is 8.96. The van der Waals surface area contributed by atoms with Gasteiger partial charge in [-0.15, -0.1) is 0 Å². The first-order valence-corrected chi connectivity index (χ1v) is 4.34. The van der Waals surface area contributed by atoms with Crippen molar-refractivity contribution in [3.8, 4) is 0 Å². The molecule has 0 aliphatic rings. The van der Waals surface area contributed by atoms with Crippen molar-refractivity contribution < 1.29 is 0 Å². The van der Waals surface area contributed by atoms with Crippen LogP contribution in [-0.4, -0.2) is 19.7 Å². The average molecular weight is 211 g/mol. The molecule has 5 nitrogen and oxygen atoms in total. The molecule has 0 aliphatic heterocycles.